The van der Waals surface area contributed by atoms with Crippen LogP contribution in [0.1, 0.15) is 0 Å². The molecular formula is C12H10Br2N2O. The number of nitrogens with zero attached hydrogens (tertiary/aromatic N) is 1. The third-order valence-electron chi connectivity index (χ3n) is 2.15. The summed E-state index contributed by atoms with van der Waals surface area (Å²) in [5.41, 5.74) is 0.930. The van der Waals surface area contributed by atoms with Gasteiger partial charge in [0.15, 0.2) is 0 Å². The highest BCUT2D eigenvalue weighted by Crippen LogP contribution is 2.29. The summed E-state index contributed by atoms with van der Waals surface area (Å²) in [6.45, 7) is 0. The van der Waals surface area contributed by atoms with Crippen LogP contribution in [0.3, 0.4) is 0 Å². The Morgan fingerprint density at radius 1 is 1.18 bits per heavy atom. The Balaban J connectivity index is 2.21. The van der Waals surface area contributed by atoms with Gasteiger partial charge in [-0.3, -0.25) is 0 Å². The van der Waals surface area contributed by atoms with E-state index in [4.69, 9.17) is 4.74 Å². The number of hydrogen-bond donors (Lipinski definition) is 1. The quantitative estimate of drug-likeness (QED) is 0.886. The lowest BCUT2D eigenvalue weighted by atomic mass is 10.3. The van der Waals surface area contributed by atoms with Crippen molar-refractivity contribution >= 4 is 43.4 Å². The maximum Gasteiger partial charge on any atom is 0.135 e. The molecule has 5 heteroatoms. The van der Waals surface area contributed by atoms with Crippen LogP contribution in [0, 0.1) is 0 Å². The van der Waals surface area contributed by atoms with E-state index in [0.29, 0.717) is 0 Å². The van der Waals surface area contributed by atoms with E-state index in [2.05, 4.69) is 42.2 Å². The summed E-state index contributed by atoms with van der Waals surface area (Å²) in [5.74, 6) is 1.57. The molecule has 0 saturated carbocycles. The number of benzene rings is 1. The number of ether oxygens (including phenoxy) is 1. The van der Waals surface area contributed by atoms with Crippen molar-refractivity contribution < 1.29 is 4.74 Å². The zero-order chi connectivity index (χ0) is 12.3. The molecule has 1 aromatic carbocycles. The second kappa shape index (κ2) is 5.51. The highest BCUT2D eigenvalue weighted by molar-refractivity contribution is 9.10. The molecule has 2 rings (SSSR count). The first-order valence-electron chi connectivity index (χ1n) is 4.91. The van der Waals surface area contributed by atoms with Crippen molar-refractivity contribution in [1.29, 1.82) is 0 Å². The second-order valence-electron chi connectivity index (χ2n) is 3.34. The Labute approximate surface area is 116 Å². The van der Waals surface area contributed by atoms with Gasteiger partial charge in [0.05, 0.1) is 11.6 Å². The van der Waals surface area contributed by atoms with Gasteiger partial charge >= 0.3 is 0 Å². The minimum atomic E-state index is 0.784. The van der Waals surface area contributed by atoms with Gasteiger partial charge in [0, 0.05) is 22.4 Å². The molecule has 0 fully saturated rings. The van der Waals surface area contributed by atoms with Gasteiger partial charge in [0.25, 0.3) is 0 Å². The molecule has 0 saturated heterocycles. The maximum atomic E-state index is 5.23. The predicted octanol–water partition coefficient (Wildman–Crippen LogP) is 4.36. The molecule has 0 bridgehead atoms. The molecule has 1 N–H and O–H groups in total. The van der Waals surface area contributed by atoms with E-state index in [1.807, 2.05) is 30.3 Å². The van der Waals surface area contributed by atoms with Crippen molar-refractivity contribution in [2.75, 3.05) is 12.4 Å². The fourth-order valence-corrected chi connectivity index (χ4v) is 1.98. The summed E-state index contributed by atoms with van der Waals surface area (Å²) in [7, 11) is 1.64. The zero-order valence-electron chi connectivity index (χ0n) is 9.08. The van der Waals surface area contributed by atoms with Crippen molar-refractivity contribution in [3.63, 3.8) is 0 Å². The van der Waals surface area contributed by atoms with Crippen LogP contribution in [0.15, 0.2) is 45.5 Å². The first-order valence-corrected chi connectivity index (χ1v) is 6.50. The summed E-state index contributed by atoms with van der Waals surface area (Å²) < 4.78 is 7.11. The monoisotopic (exact) mass is 356 g/mol. The summed E-state index contributed by atoms with van der Waals surface area (Å²) >= 11 is 6.76. The summed E-state index contributed by atoms with van der Waals surface area (Å²) in [6, 6.07) is 9.63. The van der Waals surface area contributed by atoms with E-state index in [1.54, 1.807) is 13.3 Å². The fourth-order valence-electron chi connectivity index (χ4n) is 1.34. The Bertz CT molecular complexity index is 514. The molecule has 0 aliphatic carbocycles. The molecule has 1 heterocycles. The van der Waals surface area contributed by atoms with Gasteiger partial charge in [-0.1, -0.05) is 0 Å². The van der Waals surface area contributed by atoms with Gasteiger partial charge in [-0.25, -0.2) is 4.98 Å². The minimum absolute atomic E-state index is 0.784. The van der Waals surface area contributed by atoms with E-state index < -0.39 is 0 Å². The van der Waals surface area contributed by atoms with Gasteiger partial charge in [0.2, 0.25) is 0 Å². The molecule has 17 heavy (non-hydrogen) atoms. The van der Waals surface area contributed by atoms with E-state index in [-0.39, 0.29) is 0 Å². The van der Waals surface area contributed by atoms with Gasteiger partial charge in [-0.15, -0.1) is 0 Å². The molecule has 0 spiro atoms. The number of pyridine rings is 1. The van der Waals surface area contributed by atoms with Gasteiger partial charge < -0.3 is 10.1 Å². The largest absolute Gasteiger partial charge is 0.495 e. The number of halogens is 2. The minimum Gasteiger partial charge on any atom is -0.495 e. The summed E-state index contributed by atoms with van der Waals surface area (Å²) in [6.07, 6.45) is 1.75. The Hall–Kier alpha value is -1.07. The van der Waals surface area contributed by atoms with Crippen LogP contribution in [0.4, 0.5) is 11.5 Å². The van der Waals surface area contributed by atoms with Crippen molar-refractivity contribution in [2.45, 2.75) is 0 Å². The standard InChI is InChI=1S/C12H10Br2N2O/c1-17-11-6-9(3-4-10(11)14)16-12-5-2-8(13)7-15-12/h2-7H,1H3,(H,15,16). The fraction of sp³-hybridized carbons (Fsp3) is 0.0833. The molecule has 1 aromatic heterocycles. The van der Waals surface area contributed by atoms with E-state index in [1.165, 1.54) is 0 Å². The van der Waals surface area contributed by atoms with Crippen molar-refractivity contribution in [3.05, 3.63) is 45.5 Å². The van der Waals surface area contributed by atoms with Crippen LogP contribution in [0.5, 0.6) is 5.75 Å². The Morgan fingerprint density at radius 3 is 2.65 bits per heavy atom. The molecule has 0 amide bonds. The van der Waals surface area contributed by atoms with E-state index >= 15 is 0 Å². The van der Waals surface area contributed by atoms with Crippen LogP contribution < -0.4 is 10.1 Å². The molecule has 0 aliphatic heterocycles. The Morgan fingerprint density at radius 2 is 2.00 bits per heavy atom. The molecule has 0 radical (unpaired) electrons. The average Bonchev–Trinajstić information content (AvgIpc) is 2.34. The number of nitrogens with one attached hydrogen (secondary N) is 1. The molecule has 0 unspecified atom stereocenters. The van der Waals surface area contributed by atoms with Gasteiger partial charge in [-0.2, -0.15) is 0 Å². The van der Waals surface area contributed by atoms with Crippen LogP contribution in [-0.4, -0.2) is 12.1 Å². The number of aromatic nitrogens is 1. The highest BCUT2D eigenvalue weighted by Gasteiger charge is 2.02. The SMILES string of the molecule is COc1cc(Nc2ccc(Br)cn2)ccc1Br. The van der Waals surface area contributed by atoms with E-state index in [9.17, 15) is 0 Å². The van der Waals surface area contributed by atoms with Crippen molar-refractivity contribution in [2.24, 2.45) is 0 Å². The molecule has 2 aromatic rings. The van der Waals surface area contributed by atoms with Crippen molar-refractivity contribution in [3.8, 4) is 5.75 Å². The number of rotatable bonds is 3. The van der Waals surface area contributed by atoms with E-state index in [0.717, 1.165) is 26.2 Å². The zero-order valence-corrected chi connectivity index (χ0v) is 12.2. The summed E-state index contributed by atoms with van der Waals surface area (Å²) in [4.78, 5) is 4.24. The molecule has 0 aliphatic rings. The predicted molar refractivity (Wildman–Crippen MR) is 75.9 cm³/mol. The van der Waals surface area contributed by atoms with Crippen LogP contribution >= 0.6 is 31.9 Å². The first kappa shape index (κ1) is 12.4. The first-order chi connectivity index (χ1) is 8.19. The summed E-state index contributed by atoms with van der Waals surface area (Å²) in [5, 5.41) is 3.20. The van der Waals surface area contributed by atoms with Gasteiger partial charge in [-0.05, 0) is 56.1 Å². The smallest absolute Gasteiger partial charge is 0.135 e. The van der Waals surface area contributed by atoms with Gasteiger partial charge in [0.1, 0.15) is 11.6 Å². The lowest BCUT2D eigenvalue weighted by Crippen LogP contribution is -1.94. The average molecular weight is 358 g/mol. The third-order valence-corrected chi connectivity index (χ3v) is 3.28. The number of hydrogen-bond acceptors (Lipinski definition) is 3. The van der Waals surface area contributed by atoms with Crippen molar-refractivity contribution in [1.82, 2.24) is 4.98 Å². The molecular weight excluding hydrogens is 348 g/mol. The Kier molecular flexibility index (Phi) is 4.02. The molecule has 0 atom stereocenters. The lowest BCUT2D eigenvalue weighted by molar-refractivity contribution is 0.412. The molecule has 3 nitrogen and oxygen atoms in total. The normalized spacial score (nSPS) is 10.1. The van der Waals surface area contributed by atoms with Crippen LogP contribution in [-0.2, 0) is 0 Å². The number of anilines is 2. The topological polar surface area (TPSA) is 34.1 Å². The third kappa shape index (κ3) is 3.20. The second-order valence-corrected chi connectivity index (χ2v) is 5.11. The van der Waals surface area contributed by atoms with Crippen LogP contribution in [0.25, 0.3) is 0 Å². The van der Waals surface area contributed by atoms with Crippen LogP contribution in [0.2, 0.25) is 0 Å². The maximum absolute atomic E-state index is 5.23. The molecule has 88 valence electrons. The number of methoxy groups -OCH3 is 1. The lowest BCUT2D eigenvalue weighted by Gasteiger charge is -2.08. The highest BCUT2D eigenvalue weighted by atomic mass is 79.9.